The Morgan fingerprint density at radius 1 is 1.14 bits per heavy atom. The lowest BCUT2D eigenvalue weighted by Gasteiger charge is -2.20. The Morgan fingerprint density at radius 3 is 2.55 bits per heavy atom. The second-order valence-corrected chi connectivity index (χ2v) is 6.22. The van der Waals surface area contributed by atoms with Gasteiger partial charge in [0.15, 0.2) is 0 Å². The molecule has 0 aliphatic heterocycles. The number of fused-ring (bicyclic) bond motifs is 3. The van der Waals surface area contributed by atoms with E-state index in [9.17, 15) is 4.79 Å². The first-order chi connectivity index (χ1) is 10.7. The van der Waals surface area contributed by atoms with Crippen molar-refractivity contribution in [2.24, 2.45) is 0 Å². The Hall–Kier alpha value is -1.87. The molecule has 0 N–H and O–H groups in total. The lowest BCUT2D eigenvalue weighted by atomic mass is 9.85. The monoisotopic (exact) mass is 356 g/mol. The van der Waals surface area contributed by atoms with E-state index in [1.54, 1.807) is 6.92 Å². The molecule has 0 spiro atoms. The van der Waals surface area contributed by atoms with Crippen LogP contribution in [-0.4, -0.2) is 12.6 Å². The molecule has 2 aromatic carbocycles. The Balaban J connectivity index is 1.90. The van der Waals surface area contributed by atoms with Crippen molar-refractivity contribution < 1.29 is 9.53 Å². The van der Waals surface area contributed by atoms with Crippen LogP contribution in [0.25, 0.3) is 17.2 Å². The first kappa shape index (κ1) is 15.0. The van der Waals surface area contributed by atoms with Crippen molar-refractivity contribution in [2.45, 2.75) is 19.8 Å². The fraction of sp³-hybridized carbons (Fsp3) is 0.211. The van der Waals surface area contributed by atoms with Gasteiger partial charge in [-0.3, -0.25) is 0 Å². The van der Waals surface area contributed by atoms with Crippen LogP contribution in [0.15, 0.2) is 46.9 Å². The minimum absolute atomic E-state index is 0.296. The molecule has 0 radical (unpaired) electrons. The molecule has 0 saturated heterocycles. The SMILES string of the molecule is CCOC(=O)C=Cc1ccc2c(c1)CCc1cc(Br)ccc1-2. The molecule has 0 unspecified atom stereocenters. The van der Waals surface area contributed by atoms with Crippen molar-refractivity contribution >= 4 is 28.0 Å². The molecule has 1 aliphatic rings. The number of carbonyl (C=O) groups excluding carboxylic acids is 1. The summed E-state index contributed by atoms with van der Waals surface area (Å²) in [6.45, 7) is 2.21. The second-order valence-electron chi connectivity index (χ2n) is 5.30. The van der Waals surface area contributed by atoms with Gasteiger partial charge in [0.2, 0.25) is 0 Å². The van der Waals surface area contributed by atoms with Crippen molar-refractivity contribution in [3.63, 3.8) is 0 Å². The number of hydrogen-bond acceptors (Lipinski definition) is 2. The minimum Gasteiger partial charge on any atom is -0.463 e. The van der Waals surface area contributed by atoms with Crippen LogP contribution in [0.4, 0.5) is 0 Å². The zero-order valence-electron chi connectivity index (χ0n) is 12.4. The molecular weight excluding hydrogens is 340 g/mol. The summed E-state index contributed by atoms with van der Waals surface area (Å²) in [6.07, 6.45) is 5.38. The van der Waals surface area contributed by atoms with E-state index in [1.807, 2.05) is 12.1 Å². The summed E-state index contributed by atoms with van der Waals surface area (Å²) in [6, 6.07) is 12.8. The second kappa shape index (κ2) is 6.49. The molecule has 2 aromatic rings. The van der Waals surface area contributed by atoms with E-state index in [-0.39, 0.29) is 5.97 Å². The maximum Gasteiger partial charge on any atom is 0.330 e. The topological polar surface area (TPSA) is 26.3 Å². The molecule has 3 heteroatoms. The van der Waals surface area contributed by atoms with E-state index in [1.165, 1.54) is 28.3 Å². The summed E-state index contributed by atoms with van der Waals surface area (Å²) in [5.74, 6) is -0.296. The third-order valence-electron chi connectivity index (χ3n) is 3.85. The molecule has 0 bridgehead atoms. The fourth-order valence-corrected chi connectivity index (χ4v) is 3.25. The summed E-state index contributed by atoms with van der Waals surface area (Å²) in [5.41, 5.74) is 6.36. The van der Waals surface area contributed by atoms with Gasteiger partial charge in [0.1, 0.15) is 0 Å². The largest absolute Gasteiger partial charge is 0.463 e. The number of ether oxygens (including phenoxy) is 1. The molecule has 3 rings (SSSR count). The standard InChI is InChI=1S/C19H17BrO2/c1-2-22-19(21)10-4-13-3-8-17-14(11-13)5-6-15-12-16(20)7-9-18(15)17/h3-4,7-12H,2,5-6H2,1H3. The number of carbonyl (C=O) groups is 1. The van der Waals surface area contributed by atoms with Crippen LogP contribution in [0.5, 0.6) is 0 Å². The van der Waals surface area contributed by atoms with Crippen LogP contribution in [0.3, 0.4) is 0 Å². The average molecular weight is 357 g/mol. The maximum atomic E-state index is 11.4. The molecule has 0 amide bonds. The number of hydrogen-bond donors (Lipinski definition) is 0. The molecule has 0 atom stereocenters. The summed E-state index contributed by atoms with van der Waals surface area (Å²) in [5, 5.41) is 0. The van der Waals surface area contributed by atoms with E-state index in [4.69, 9.17) is 4.74 Å². The third-order valence-corrected chi connectivity index (χ3v) is 4.34. The Kier molecular flexibility index (Phi) is 4.44. The smallest absolute Gasteiger partial charge is 0.330 e. The zero-order valence-corrected chi connectivity index (χ0v) is 14.0. The Bertz CT molecular complexity index is 747. The number of esters is 1. The van der Waals surface area contributed by atoms with Crippen molar-refractivity contribution in [1.29, 1.82) is 0 Å². The van der Waals surface area contributed by atoms with Gasteiger partial charge in [-0.15, -0.1) is 0 Å². The molecular formula is C19H17BrO2. The fourth-order valence-electron chi connectivity index (χ4n) is 2.84. The highest BCUT2D eigenvalue weighted by Crippen LogP contribution is 2.35. The molecule has 22 heavy (non-hydrogen) atoms. The van der Waals surface area contributed by atoms with Crippen molar-refractivity contribution in [1.82, 2.24) is 0 Å². The first-order valence-electron chi connectivity index (χ1n) is 7.44. The van der Waals surface area contributed by atoms with Crippen LogP contribution in [0, 0.1) is 0 Å². The highest BCUT2D eigenvalue weighted by atomic mass is 79.9. The summed E-state index contributed by atoms with van der Waals surface area (Å²) in [4.78, 5) is 11.4. The lowest BCUT2D eigenvalue weighted by molar-refractivity contribution is -0.137. The highest BCUT2D eigenvalue weighted by Gasteiger charge is 2.16. The lowest BCUT2D eigenvalue weighted by Crippen LogP contribution is -2.04. The minimum atomic E-state index is -0.296. The number of rotatable bonds is 3. The van der Waals surface area contributed by atoms with Gasteiger partial charge in [0.05, 0.1) is 6.61 Å². The molecule has 112 valence electrons. The Morgan fingerprint density at radius 2 is 1.82 bits per heavy atom. The van der Waals surface area contributed by atoms with E-state index >= 15 is 0 Å². The molecule has 0 heterocycles. The van der Waals surface area contributed by atoms with Gasteiger partial charge >= 0.3 is 5.97 Å². The first-order valence-corrected chi connectivity index (χ1v) is 8.23. The molecule has 2 nitrogen and oxygen atoms in total. The van der Waals surface area contributed by atoms with Crippen molar-refractivity contribution in [3.8, 4) is 11.1 Å². The van der Waals surface area contributed by atoms with Gasteiger partial charge in [-0.05, 0) is 65.8 Å². The van der Waals surface area contributed by atoms with Crippen molar-refractivity contribution in [2.75, 3.05) is 6.61 Å². The van der Waals surface area contributed by atoms with Gasteiger partial charge in [-0.1, -0.05) is 40.2 Å². The van der Waals surface area contributed by atoms with Crippen LogP contribution >= 0.6 is 15.9 Å². The maximum absolute atomic E-state index is 11.4. The van der Waals surface area contributed by atoms with Gasteiger partial charge in [-0.25, -0.2) is 4.79 Å². The van der Waals surface area contributed by atoms with Gasteiger partial charge in [0, 0.05) is 10.5 Å². The predicted octanol–water partition coefficient (Wildman–Crippen LogP) is 4.79. The van der Waals surface area contributed by atoms with E-state index in [2.05, 4.69) is 46.3 Å². The van der Waals surface area contributed by atoms with Crippen LogP contribution < -0.4 is 0 Å². The van der Waals surface area contributed by atoms with E-state index in [0.29, 0.717) is 6.61 Å². The van der Waals surface area contributed by atoms with Crippen LogP contribution in [-0.2, 0) is 22.4 Å². The summed E-state index contributed by atoms with van der Waals surface area (Å²) in [7, 11) is 0. The molecule has 0 aromatic heterocycles. The predicted molar refractivity (Wildman–Crippen MR) is 92.7 cm³/mol. The van der Waals surface area contributed by atoms with E-state index < -0.39 is 0 Å². The van der Waals surface area contributed by atoms with Crippen LogP contribution in [0.1, 0.15) is 23.6 Å². The van der Waals surface area contributed by atoms with Gasteiger partial charge in [0.25, 0.3) is 0 Å². The van der Waals surface area contributed by atoms with Gasteiger partial charge < -0.3 is 4.74 Å². The third kappa shape index (κ3) is 3.14. The molecule has 0 fully saturated rings. The number of aryl methyl sites for hydroxylation is 2. The normalized spacial score (nSPS) is 12.8. The molecule has 0 saturated carbocycles. The molecule has 1 aliphatic carbocycles. The zero-order chi connectivity index (χ0) is 15.5. The quantitative estimate of drug-likeness (QED) is 0.583. The Labute approximate surface area is 138 Å². The highest BCUT2D eigenvalue weighted by molar-refractivity contribution is 9.10. The number of halogens is 1. The number of benzene rings is 2. The van der Waals surface area contributed by atoms with E-state index in [0.717, 1.165) is 22.9 Å². The van der Waals surface area contributed by atoms with Crippen LogP contribution in [0.2, 0.25) is 0 Å². The average Bonchev–Trinajstić information content (AvgIpc) is 2.52. The summed E-state index contributed by atoms with van der Waals surface area (Å²) >= 11 is 3.54. The van der Waals surface area contributed by atoms with Gasteiger partial charge in [-0.2, -0.15) is 0 Å². The summed E-state index contributed by atoms with van der Waals surface area (Å²) < 4.78 is 6.03. The van der Waals surface area contributed by atoms with Crippen molar-refractivity contribution in [3.05, 3.63) is 63.6 Å².